The van der Waals surface area contributed by atoms with Gasteiger partial charge in [0.25, 0.3) is 0 Å². The van der Waals surface area contributed by atoms with Gasteiger partial charge in [0.2, 0.25) is 0 Å². The van der Waals surface area contributed by atoms with E-state index in [1.54, 1.807) is 5.19 Å². The molecule has 0 spiro atoms. The summed E-state index contributed by atoms with van der Waals surface area (Å²) in [4.78, 5) is 5.34. The van der Waals surface area contributed by atoms with Crippen LogP contribution in [-0.4, -0.2) is 17.6 Å². The fourth-order valence-corrected chi connectivity index (χ4v) is 14.5. The van der Waals surface area contributed by atoms with E-state index in [4.69, 9.17) is 9.40 Å². The van der Waals surface area contributed by atoms with Crippen LogP contribution in [0, 0.1) is 0 Å². The molecule has 9 aromatic rings. The summed E-state index contributed by atoms with van der Waals surface area (Å²) in [6.07, 6.45) is 0. The number of rotatable bonds is 6. The van der Waals surface area contributed by atoms with Gasteiger partial charge in [-0.25, -0.2) is 4.98 Å². The van der Waals surface area contributed by atoms with Gasteiger partial charge < -0.3 is 4.42 Å². The monoisotopic (exact) mass is 652 g/mol. The summed E-state index contributed by atoms with van der Waals surface area (Å²) < 4.78 is 8.50. The number of benzene rings is 6. The Kier molecular flexibility index (Phi) is 6.82. The molecule has 3 heterocycles. The molecular weight excluding hydrogens is 613 g/mol. The Balaban J connectivity index is 1.25. The third-order valence-electron chi connectivity index (χ3n) is 11.5. The topological polar surface area (TPSA) is 31.0 Å². The molecule has 0 saturated carbocycles. The molecule has 0 saturated heterocycles. The molecule has 0 N–H and O–H groups in total. The Morgan fingerprint density at radius 3 is 2.06 bits per heavy atom. The molecule has 0 radical (unpaired) electrons. The predicted octanol–water partition coefficient (Wildman–Crippen LogP) is 12.5. The molecule has 0 aliphatic carbocycles. The van der Waals surface area contributed by atoms with Crippen LogP contribution in [0.3, 0.4) is 0 Å². The van der Waals surface area contributed by atoms with Crippen LogP contribution >= 0.6 is 0 Å². The summed E-state index contributed by atoms with van der Waals surface area (Å²) in [7, 11) is -1.68. The van der Waals surface area contributed by atoms with E-state index in [0.717, 1.165) is 38.8 Å². The number of pyridine rings is 1. The number of hydrogen-bond acceptors (Lipinski definition) is 2. The van der Waals surface area contributed by atoms with Crippen LogP contribution < -0.4 is 5.19 Å². The van der Waals surface area contributed by atoms with Crippen molar-refractivity contribution < 1.29 is 4.42 Å². The highest BCUT2D eigenvalue weighted by Crippen LogP contribution is 2.40. The standard InChI is InChI=1S/C45H40N2OSi/c1-6-49(28(2)3,29(4)5)34-19-20-39-33(25-34)18-24-44(46-39)47-40-21-16-31(27-38(40)45-35-12-8-7-11-30(35)15-22-41(45)47)32-17-23-43-37(26-32)36-13-9-10-14-42(36)48-43/h7-29H,6H2,1-5H3. The highest BCUT2D eigenvalue weighted by atomic mass is 28.3. The van der Waals surface area contributed by atoms with Gasteiger partial charge in [-0.2, -0.15) is 0 Å². The first-order chi connectivity index (χ1) is 23.9. The van der Waals surface area contributed by atoms with E-state index < -0.39 is 8.07 Å². The second-order valence-corrected chi connectivity index (χ2v) is 20.0. The third-order valence-corrected chi connectivity index (χ3v) is 18.1. The number of furan rings is 1. The Hall–Kier alpha value is -5.19. The number of aromatic nitrogens is 2. The number of fused-ring (bicyclic) bond motifs is 9. The predicted molar refractivity (Wildman–Crippen MR) is 212 cm³/mol. The average molecular weight is 653 g/mol. The SMILES string of the molecule is CC[Si](c1ccc2nc(-n3c4ccc(-c5ccc6oc7ccccc7c6c5)cc4c4c5ccccc5ccc43)ccc2c1)(C(C)C)C(C)C. The highest BCUT2D eigenvalue weighted by Gasteiger charge is 2.39. The van der Waals surface area contributed by atoms with Crippen molar-refractivity contribution in [3.8, 4) is 16.9 Å². The summed E-state index contributed by atoms with van der Waals surface area (Å²) >= 11 is 0. The van der Waals surface area contributed by atoms with Crippen LogP contribution in [0.2, 0.25) is 17.1 Å². The maximum Gasteiger partial charge on any atom is 0.138 e. The molecule has 0 bridgehead atoms. The summed E-state index contributed by atoms with van der Waals surface area (Å²) in [6, 6.07) is 47.8. The molecule has 6 aromatic carbocycles. The largest absolute Gasteiger partial charge is 0.456 e. The van der Waals surface area contributed by atoms with Gasteiger partial charge in [0.15, 0.2) is 0 Å². The van der Waals surface area contributed by atoms with E-state index in [2.05, 4.69) is 154 Å². The van der Waals surface area contributed by atoms with Crippen LogP contribution in [-0.2, 0) is 0 Å². The minimum Gasteiger partial charge on any atom is -0.456 e. The molecule has 0 fully saturated rings. The molecule has 0 aliphatic rings. The molecule has 4 heteroatoms. The maximum atomic E-state index is 6.14. The molecule has 0 aliphatic heterocycles. The van der Waals surface area contributed by atoms with Gasteiger partial charge in [-0.1, -0.05) is 119 Å². The maximum absolute atomic E-state index is 6.14. The molecular formula is C45H40N2OSi. The summed E-state index contributed by atoms with van der Waals surface area (Å²) in [5, 5.41) is 10.1. The quantitative estimate of drug-likeness (QED) is 0.167. The van der Waals surface area contributed by atoms with Gasteiger partial charge >= 0.3 is 0 Å². The lowest BCUT2D eigenvalue weighted by molar-refractivity contribution is 0.669. The van der Waals surface area contributed by atoms with Crippen molar-refractivity contribution in [2.75, 3.05) is 0 Å². The zero-order chi connectivity index (χ0) is 33.4. The Bertz CT molecular complexity index is 2720. The van der Waals surface area contributed by atoms with Crippen molar-refractivity contribution in [3.05, 3.63) is 127 Å². The van der Waals surface area contributed by atoms with Gasteiger partial charge in [-0.3, -0.25) is 4.57 Å². The summed E-state index contributed by atoms with van der Waals surface area (Å²) in [6.45, 7) is 12.1. The van der Waals surface area contributed by atoms with Crippen LogP contribution in [0.1, 0.15) is 34.6 Å². The fraction of sp³-hybridized carbons (Fsp3) is 0.178. The molecule has 0 atom stereocenters. The van der Waals surface area contributed by atoms with Crippen LogP contribution in [0.25, 0.3) is 82.4 Å². The first-order valence-corrected chi connectivity index (χ1v) is 20.0. The smallest absolute Gasteiger partial charge is 0.138 e. The van der Waals surface area contributed by atoms with E-state index in [9.17, 15) is 0 Å². The van der Waals surface area contributed by atoms with Gasteiger partial charge in [0.1, 0.15) is 17.0 Å². The van der Waals surface area contributed by atoms with Crippen molar-refractivity contribution in [1.82, 2.24) is 9.55 Å². The van der Waals surface area contributed by atoms with E-state index in [1.807, 2.05) is 12.1 Å². The second-order valence-electron chi connectivity index (χ2n) is 14.3. The lowest BCUT2D eigenvalue weighted by Gasteiger charge is -2.39. The lowest BCUT2D eigenvalue weighted by Crippen LogP contribution is -2.52. The minimum absolute atomic E-state index is 0.681. The summed E-state index contributed by atoms with van der Waals surface area (Å²) in [5.74, 6) is 0.946. The van der Waals surface area contributed by atoms with Gasteiger partial charge in [0, 0.05) is 26.9 Å². The first-order valence-electron chi connectivity index (χ1n) is 17.7. The molecule has 3 aromatic heterocycles. The fourth-order valence-electron chi connectivity index (χ4n) is 9.01. The van der Waals surface area contributed by atoms with Crippen molar-refractivity contribution in [3.63, 3.8) is 0 Å². The van der Waals surface area contributed by atoms with Crippen molar-refractivity contribution in [2.45, 2.75) is 51.7 Å². The van der Waals surface area contributed by atoms with E-state index in [0.29, 0.717) is 11.1 Å². The van der Waals surface area contributed by atoms with Crippen LogP contribution in [0.5, 0.6) is 0 Å². The van der Waals surface area contributed by atoms with Gasteiger partial charge in [-0.05, 0) is 87.6 Å². The first kappa shape index (κ1) is 29.9. The van der Waals surface area contributed by atoms with Gasteiger partial charge in [-0.15, -0.1) is 0 Å². The summed E-state index contributed by atoms with van der Waals surface area (Å²) in [5.41, 5.74) is 8.93. The normalized spacial score (nSPS) is 12.6. The van der Waals surface area contributed by atoms with Crippen molar-refractivity contribution >= 4 is 78.7 Å². The van der Waals surface area contributed by atoms with Crippen LogP contribution in [0.15, 0.2) is 132 Å². The average Bonchev–Trinajstić information content (AvgIpc) is 3.67. The van der Waals surface area contributed by atoms with Crippen LogP contribution in [0.4, 0.5) is 0 Å². The van der Waals surface area contributed by atoms with E-state index in [-0.39, 0.29) is 0 Å². The molecule has 0 amide bonds. The number of hydrogen-bond donors (Lipinski definition) is 0. The molecule has 9 rings (SSSR count). The van der Waals surface area contributed by atoms with Gasteiger partial charge in [0.05, 0.1) is 24.6 Å². The highest BCUT2D eigenvalue weighted by molar-refractivity contribution is 6.94. The second kappa shape index (κ2) is 11.2. The zero-order valence-electron chi connectivity index (χ0n) is 28.8. The Morgan fingerprint density at radius 1 is 0.592 bits per heavy atom. The minimum atomic E-state index is -1.68. The molecule has 240 valence electrons. The molecule has 3 nitrogen and oxygen atoms in total. The molecule has 0 unspecified atom stereocenters. The third kappa shape index (κ3) is 4.43. The zero-order valence-corrected chi connectivity index (χ0v) is 29.8. The number of nitrogens with zero attached hydrogens (tertiary/aromatic N) is 2. The lowest BCUT2D eigenvalue weighted by atomic mass is 9.99. The Morgan fingerprint density at radius 2 is 1.27 bits per heavy atom. The molecule has 49 heavy (non-hydrogen) atoms. The van der Waals surface area contributed by atoms with Crippen molar-refractivity contribution in [2.24, 2.45) is 0 Å². The Labute approximate surface area is 287 Å². The number of para-hydroxylation sites is 1. The van der Waals surface area contributed by atoms with E-state index in [1.165, 1.54) is 49.6 Å². The van der Waals surface area contributed by atoms with E-state index >= 15 is 0 Å². The van der Waals surface area contributed by atoms with Crippen molar-refractivity contribution in [1.29, 1.82) is 0 Å².